The predicted molar refractivity (Wildman–Crippen MR) is 134 cm³/mol. The molecule has 4 nitrogen and oxygen atoms in total. The van der Waals surface area contributed by atoms with E-state index < -0.39 is 11.7 Å². The highest BCUT2D eigenvalue weighted by Crippen LogP contribution is 2.35. The lowest BCUT2D eigenvalue weighted by Crippen LogP contribution is -2.46. The summed E-state index contributed by atoms with van der Waals surface area (Å²) in [5.74, 6) is 0.127. The number of benzene rings is 2. The normalized spacial score (nSPS) is 17.6. The molecule has 0 bridgehead atoms. The monoisotopic (exact) mass is 503 g/mol. The molecule has 2 aromatic carbocycles. The second-order valence-corrected chi connectivity index (χ2v) is 9.88. The van der Waals surface area contributed by atoms with Crippen LogP contribution in [-0.2, 0) is 17.4 Å². The second kappa shape index (κ2) is 10.2. The number of hydrogen-bond donors (Lipinski definition) is 0. The van der Waals surface area contributed by atoms with E-state index in [1.165, 1.54) is 12.1 Å². The van der Waals surface area contributed by atoms with E-state index >= 15 is 0 Å². The molecule has 186 valence electrons. The van der Waals surface area contributed by atoms with E-state index in [-0.39, 0.29) is 11.9 Å². The molecule has 0 aliphatic carbocycles. The predicted octanol–water partition coefficient (Wildman–Crippen LogP) is 6.52. The summed E-state index contributed by atoms with van der Waals surface area (Å²) in [6.07, 6.45) is -2.22. The number of carbonyl (C=O) groups excluding carboxylic acids is 1. The van der Waals surface area contributed by atoms with E-state index in [1.54, 1.807) is 0 Å². The maximum atomic E-state index is 12.9. The number of carbonyl (C=O) groups is 1. The molecule has 4 rings (SSSR count). The standard InChI is InChI=1S/C27H29ClF3N3O/c1-17(2)24(32-18(3)19-4-6-21(7-5-19)27(29,30)31)16-33-12-10-23(11-13-33)34-25-9-8-22(28)14-20(25)15-26(34)35/h4-9,14,23H,10-13,15-16H2,1-3H3/b32-18+. The number of aliphatic imine (C=N–C) groups is 1. The number of allylic oxidation sites excluding steroid dienone is 1. The fraction of sp³-hybridized carbons (Fsp3) is 0.407. The fourth-order valence-electron chi connectivity index (χ4n) is 4.73. The quantitative estimate of drug-likeness (QED) is 0.436. The Balaban J connectivity index is 1.40. The highest BCUT2D eigenvalue weighted by Gasteiger charge is 2.35. The van der Waals surface area contributed by atoms with Gasteiger partial charge in [0.1, 0.15) is 0 Å². The van der Waals surface area contributed by atoms with E-state index in [9.17, 15) is 18.0 Å². The Hall–Kier alpha value is -2.64. The van der Waals surface area contributed by atoms with Crippen LogP contribution in [0, 0.1) is 0 Å². The van der Waals surface area contributed by atoms with Gasteiger partial charge in [-0.05, 0) is 75.1 Å². The van der Waals surface area contributed by atoms with Crippen LogP contribution in [0.25, 0.3) is 0 Å². The molecule has 1 fully saturated rings. The summed E-state index contributed by atoms with van der Waals surface area (Å²) >= 11 is 6.10. The number of nitrogens with zero attached hydrogens (tertiary/aromatic N) is 3. The van der Waals surface area contributed by atoms with Crippen molar-refractivity contribution >= 4 is 28.9 Å². The summed E-state index contributed by atoms with van der Waals surface area (Å²) in [6, 6.07) is 10.9. The van der Waals surface area contributed by atoms with Crippen LogP contribution in [0.5, 0.6) is 0 Å². The summed E-state index contributed by atoms with van der Waals surface area (Å²) in [4.78, 5) is 21.7. The minimum Gasteiger partial charge on any atom is -0.309 e. The minimum absolute atomic E-state index is 0.127. The summed E-state index contributed by atoms with van der Waals surface area (Å²) < 4.78 is 38.6. The highest BCUT2D eigenvalue weighted by molar-refractivity contribution is 6.30. The average Bonchev–Trinajstić information content (AvgIpc) is 3.13. The molecule has 0 N–H and O–H groups in total. The van der Waals surface area contributed by atoms with Crippen LogP contribution in [0.3, 0.4) is 0 Å². The van der Waals surface area contributed by atoms with E-state index in [0.717, 1.165) is 60.6 Å². The number of amides is 1. The first-order chi connectivity index (χ1) is 16.5. The van der Waals surface area contributed by atoms with Crippen LogP contribution in [0.4, 0.5) is 18.9 Å². The van der Waals surface area contributed by atoms with E-state index in [0.29, 0.717) is 29.3 Å². The molecule has 1 amide bonds. The van der Waals surface area contributed by atoms with Gasteiger partial charge in [-0.15, -0.1) is 0 Å². The lowest BCUT2D eigenvalue weighted by atomic mass is 10.0. The van der Waals surface area contributed by atoms with Crippen LogP contribution >= 0.6 is 11.6 Å². The zero-order valence-electron chi connectivity index (χ0n) is 20.1. The van der Waals surface area contributed by atoms with Crippen molar-refractivity contribution < 1.29 is 18.0 Å². The van der Waals surface area contributed by atoms with Crippen molar-refractivity contribution in [2.75, 3.05) is 24.5 Å². The number of likely N-dealkylation sites (tertiary alicyclic amines) is 1. The van der Waals surface area contributed by atoms with Crippen molar-refractivity contribution in [1.82, 2.24) is 4.90 Å². The molecule has 35 heavy (non-hydrogen) atoms. The Bertz CT molecular complexity index is 1160. The highest BCUT2D eigenvalue weighted by atomic mass is 35.5. The molecular weight excluding hydrogens is 475 g/mol. The number of hydrogen-bond acceptors (Lipinski definition) is 3. The van der Waals surface area contributed by atoms with E-state index in [2.05, 4.69) is 4.90 Å². The van der Waals surface area contributed by atoms with Crippen molar-refractivity contribution in [2.45, 2.75) is 52.3 Å². The van der Waals surface area contributed by atoms with Crippen molar-refractivity contribution in [3.8, 4) is 0 Å². The van der Waals surface area contributed by atoms with Crippen molar-refractivity contribution in [1.29, 1.82) is 0 Å². The zero-order valence-corrected chi connectivity index (χ0v) is 20.9. The molecule has 8 heteroatoms. The van der Waals surface area contributed by atoms with Crippen LogP contribution in [0.1, 0.15) is 50.3 Å². The maximum Gasteiger partial charge on any atom is 0.416 e. The smallest absolute Gasteiger partial charge is 0.309 e. The van der Waals surface area contributed by atoms with Crippen LogP contribution in [0.15, 0.2) is 58.7 Å². The number of anilines is 1. The third-order valence-electron chi connectivity index (χ3n) is 6.72. The summed E-state index contributed by atoms with van der Waals surface area (Å²) in [7, 11) is 0. The molecule has 2 aliphatic heterocycles. The largest absolute Gasteiger partial charge is 0.416 e. The zero-order chi connectivity index (χ0) is 25.3. The van der Waals surface area contributed by atoms with Gasteiger partial charge in [-0.25, -0.2) is 0 Å². The SMILES string of the molecule is CC(C)=C(CN1CCC(N2C(=O)Cc3cc(Cl)ccc32)CC1)/N=C(\C)c1ccc(C(F)(F)F)cc1. The van der Waals surface area contributed by atoms with Gasteiger partial charge in [-0.2, -0.15) is 13.2 Å². The third-order valence-corrected chi connectivity index (χ3v) is 6.95. The van der Waals surface area contributed by atoms with Crippen molar-refractivity contribution in [3.63, 3.8) is 0 Å². The molecule has 0 radical (unpaired) electrons. The van der Waals surface area contributed by atoms with Crippen LogP contribution in [-0.4, -0.2) is 42.2 Å². The lowest BCUT2D eigenvalue weighted by Gasteiger charge is -2.37. The van der Waals surface area contributed by atoms with Crippen LogP contribution < -0.4 is 4.90 Å². The van der Waals surface area contributed by atoms with Gasteiger partial charge in [-0.3, -0.25) is 14.7 Å². The number of fused-ring (bicyclic) bond motifs is 1. The number of piperidine rings is 1. The molecule has 2 aliphatic rings. The van der Waals surface area contributed by atoms with Gasteiger partial charge < -0.3 is 4.90 Å². The Morgan fingerprint density at radius 1 is 1.06 bits per heavy atom. The molecule has 0 spiro atoms. The Morgan fingerprint density at radius 3 is 2.31 bits per heavy atom. The van der Waals surface area contributed by atoms with Gasteiger partial charge >= 0.3 is 6.18 Å². The second-order valence-electron chi connectivity index (χ2n) is 9.44. The van der Waals surface area contributed by atoms with Gasteiger partial charge in [0.25, 0.3) is 0 Å². The first-order valence-corrected chi connectivity index (χ1v) is 12.1. The van der Waals surface area contributed by atoms with Gasteiger partial charge in [0.05, 0.1) is 17.7 Å². The van der Waals surface area contributed by atoms with Gasteiger partial charge in [-0.1, -0.05) is 29.3 Å². The summed E-state index contributed by atoms with van der Waals surface area (Å²) in [5.41, 5.74) is 4.63. The summed E-state index contributed by atoms with van der Waals surface area (Å²) in [5, 5.41) is 0.648. The molecule has 0 aromatic heterocycles. The lowest BCUT2D eigenvalue weighted by molar-refractivity contribution is -0.137. The maximum absolute atomic E-state index is 12.9. The molecular formula is C27H29ClF3N3O. The first kappa shape index (κ1) is 25.5. The minimum atomic E-state index is -4.35. The Morgan fingerprint density at radius 2 is 1.71 bits per heavy atom. The average molecular weight is 504 g/mol. The van der Waals surface area contributed by atoms with E-state index in [4.69, 9.17) is 16.6 Å². The molecule has 2 heterocycles. The number of rotatable bonds is 5. The molecule has 2 aromatic rings. The molecule has 0 atom stereocenters. The Kier molecular flexibility index (Phi) is 7.38. The topological polar surface area (TPSA) is 35.9 Å². The van der Waals surface area contributed by atoms with Gasteiger partial charge in [0.2, 0.25) is 5.91 Å². The van der Waals surface area contributed by atoms with Crippen molar-refractivity contribution in [3.05, 3.63) is 75.4 Å². The Labute approximate surface area is 209 Å². The number of halogens is 4. The summed E-state index contributed by atoms with van der Waals surface area (Å²) in [6.45, 7) is 8.15. The van der Waals surface area contributed by atoms with Gasteiger partial charge in [0, 0.05) is 42.1 Å². The molecule has 0 saturated carbocycles. The molecule has 0 unspecified atom stereocenters. The number of alkyl halides is 3. The van der Waals surface area contributed by atoms with Gasteiger partial charge in [0.15, 0.2) is 0 Å². The fourth-order valence-corrected chi connectivity index (χ4v) is 4.93. The van der Waals surface area contributed by atoms with Crippen molar-refractivity contribution in [2.24, 2.45) is 4.99 Å². The van der Waals surface area contributed by atoms with E-state index in [1.807, 2.05) is 43.9 Å². The molecule has 1 saturated heterocycles. The first-order valence-electron chi connectivity index (χ1n) is 11.7. The third kappa shape index (κ3) is 5.78. The van der Waals surface area contributed by atoms with Crippen LogP contribution in [0.2, 0.25) is 5.02 Å².